The highest BCUT2D eigenvalue weighted by atomic mass is 32.2. The molecule has 0 fully saturated rings. The van der Waals surface area contributed by atoms with Crippen LogP contribution in [0.25, 0.3) is 11.3 Å². The summed E-state index contributed by atoms with van der Waals surface area (Å²) in [4.78, 5) is 25.0. The third-order valence-corrected chi connectivity index (χ3v) is 5.71. The van der Waals surface area contributed by atoms with Crippen LogP contribution in [0.4, 0.5) is 4.39 Å². The number of pyridine rings is 1. The summed E-state index contributed by atoms with van der Waals surface area (Å²) in [5.74, 6) is -2.99. The van der Waals surface area contributed by atoms with Gasteiger partial charge < -0.3 is 15.1 Å². The van der Waals surface area contributed by atoms with Gasteiger partial charge in [-0.1, -0.05) is 12.1 Å². The van der Waals surface area contributed by atoms with Gasteiger partial charge in [0.25, 0.3) is 10.0 Å². The van der Waals surface area contributed by atoms with Crippen LogP contribution in [0.2, 0.25) is 0 Å². The molecule has 0 spiro atoms. The van der Waals surface area contributed by atoms with Crippen molar-refractivity contribution >= 4 is 22.0 Å². The van der Waals surface area contributed by atoms with E-state index in [9.17, 15) is 22.4 Å². The fourth-order valence-electron chi connectivity index (χ4n) is 2.77. The summed E-state index contributed by atoms with van der Waals surface area (Å²) in [6.45, 7) is 0.539. The lowest BCUT2D eigenvalue weighted by Crippen LogP contribution is -2.14. The molecular formula is C22H22FN3O6S. The Bertz CT molecular complexity index is 1240. The van der Waals surface area contributed by atoms with Crippen LogP contribution in [-0.4, -0.2) is 58.5 Å². The minimum absolute atomic E-state index is 0.0552. The van der Waals surface area contributed by atoms with Crippen LogP contribution in [0.3, 0.4) is 0 Å². The standard InChI is InChI=1S/C18H18FN3O2S.C4H4O4/c1-21(2)12-14-10-18(16-7-3-4-8-17(16)19)22(13-14)25(23,24)15-6-5-9-20-11-15;5-3(6)1-2-4(7)8/h3-11,13H,12H2,1-2H3;1-2H,(H,5,6)(H,7,8)/b;2-1+. The molecule has 3 rings (SSSR count). The third-order valence-electron chi connectivity index (χ3n) is 4.05. The molecule has 0 unspecified atom stereocenters. The number of carbonyl (C=O) groups is 2. The van der Waals surface area contributed by atoms with Crippen LogP contribution in [-0.2, 0) is 26.2 Å². The zero-order chi connectivity index (χ0) is 24.6. The topological polar surface area (TPSA) is 130 Å². The van der Waals surface area contributed by atoms with E-state index in [1.807, 2.05) is 19.0 Å². The average molecular weight is 475 g/mol. The van der Waals surface area contributed by atoms with Crippen molar-refractivity contribution in [1.29, 1.82) is 0 Å². The van der Waals surface area contributed by atoms with E-state index in [1.165, 1.54) is 30.7 Å². The predicted octanol–water partition coefficient (Wildman–Crippen LogP) is 2.70. The van der Waals surface area contributed by atoms with Gasteiger partial charge in [0, 0.05) is 42.9 Å². The monoisotopic (exact) mass is 475 g/mol. The van der Waals surface area contributed by atoms with Crippen LogP contribution in [0, 0.1) is 5.82 Å². The number of aromatic nitrogens is 2. The predicted molar refractivity (Wildman–Crippen MR) is 118 cm³/mol. The molecule has 3 aromatic rings. The lowest BCUT2D eigenvalue weighted by Gasteiger charge is -2.11. The molecule has 0 aliphatic carbocycles. The van der Waals surface area contributed by atoms with E-state index < -0.39 is 27.8 Å². The van der Waals surface area contributed by atoms with Gasteiger partial charge in [-0.15, -0.1) is 0 Å². The quantitative estimate of drug-likeness (QED) is 0.499. The molecule has 0 aliphatic heterocycles. The van der Waals surface area contributed by atoms with Gasteiger partial charge in [-0.3, -0.25) is 4.98 Å². The van der Waals surface area contributed by atoms with E-state index in [-0.39, 0.29) is 10.5 Å². The summed E-state index contributed by atoms with van der Waals surface area (Å²) in [6, 6.07) is 10.9. The number of carboxylic acids is 2. The molecule has 11 heteroatoms. The summed E-state index contributed by atoms with van der Waals surface area (Å²) in [5, 5.41) is 15.6. The molecule has 33 heavy (non-hydrogen) atoms. The van der Waals surface area contributed by atoms with Gasteiger partial charge in [0.05, 0.1) is 5.69 Å². The summed E-state index contributed by atoms with van der Waals surface area (Å²) in [5.41, 5.74) is 1.30. The van der Waals surface area contributed by atoms with Crippen molar-refractivity contribution in [3.63, 3.8) is 0 Å². The molecule has 9 nitrogen and oxygen atoms in total. The number of aliphatic carboxylic acids is 2. The minimum atomic E-state index is -3.88. The first-order chi connectivity index (χ1) is 15.5. The largest absolute Gasteiger partial charge is 0.478 e. The van der Waals surface area contributed by atoms with E-state index >= 15 is 0 Å². The number of benzene rings is 1. The molecule has 2 heterocycles. The lowest BCUT2D eigenvalue weighted by molar-refractivity contribution is -0.134. The fraction of sp³-hybridized carbons (Fsp3) is 0.136. The molecule has 0 saturated heterocycles. The Morgan fingerprint density at radius 3 is 2.24 bits per heavy atom. The van der Waals surface area contributed by atoms with Gasteiger partial charge in [0.1, 0.15) is 10.7 Å². The molecule has 0 bridgehead atoms. The van der Waals surface area contributed by atoms with Crippen LogP contribution in [0.15, 0.2) is 78.1 Å². The van der Waals surface area contributed by atoms with Gasteiger partial charge in [0.15, 0.2) is 0 Å². The first-order valence-electron chi connectivity index (χ1n) is 9.42. The molecule has 174 valence electrons. The Labute approximate surface area is 190 Å². The van der Waals surface area contributed by atoms with Crippen LogP contribution in [0.1, 0.15) is 5.56 Å². The maximum atomic E-state index is 14.3. The molecule has 0 atom stereocenters. The van der Waals surface area contributed by atoms with Crippen molar-refractivity contribution in [2.45, 2.75) is 11.4 Å². The number of carboxylic acid groups (broad SMARTS) is 2. The molecule has 2 aromatic heterocycles. The number of nitrogens with zero attached hydrogens (tertiary/aromatic N) is 3. The van der Waals surface area contributed by atoms with Gasteiger partial charge in [0.2, 0.25) is 0 Å². The smallest absolute Gasteiger partial charge is 0.328 e. The number of hydrogen-bond acceptors (Lipinski definition) is 6. The number of rotatable bonds is 7. The Balaban J connectivity index is 0.000000414. The normalized spacial score (nSPS) is 11.3. The van der Waals surface area contributed by atoms with Gasteiger partial charge in [-0.05, 0) is 50.0 Å². The van der Waals surface area contributed by atoms with E-state index in [0.717, 1.165) is 9.54 Å². The molecule has 0 saturated carbocycles. The highest BCUT2D eigenvalue weighted by molar-refractivity contribution is 7.90. The SMILES string of the molecule is CN(C)Cc1cc(-c2ccccc2F)n(S(=O)(=O)c2cccnc2)c1.O=C(O)/C=C/C(=O)O. The summed E-state index contributed by atoms with van der Waals surface area (Å²) >= 11 is 0. The summed E-state index contributed by atoms with van der Waals surface area (Å²) < 4.78 is 41.5. The zero-order valence-electron chi connectivity index (χ0n) is 17.8. The summed E-state index contributed by atoms with van der Waals surface area (Å²) in [6.07, 6.45) is 5.44. The average Bonchev–Trinajstić information content (AvgIpc) is 3.17. The molecule has 1 aromatic carbocycles. The second kappa shape index (κ2) is 11.2. The van der Waals surface area contributed by atoms with Crippen LogP contribution < -0.4 is 0 Å². The number of hydrogen-bond donors (Lipinski definition) is 2. The number of halogens is 1. The van der Waals surface area contributed by atoms with Crippen molar-refractivity contribution in [2.24, 2.45) is 0 Å². The first kappa shape index (κ1) is 25.4. The first-order valence-corrected chi connectivity index (χ1v) is 10.9. The Hall–Kier alpha value is -3.83. The van der Waals surface area contributed by atoms with E-state index in [1.54, 1.807) is 30.3 Å². The van der Waals surface area contributed by atoms with Crippen LogP contribution >= 0.6 is 0 Å². The van der Waals surface area contributed by atoms with E-state index in [0.29, 0.717) is 24.4 Å². The van der Waals surface area contributed by atoms with E-state index in [4.69, 9.17) is 10.2 Å². The maximum Gasteiger partial charge on any atom is 0.328 e. The molecular weight excluding hydrogens is 453 g/mol. The van der Waals surface area contributed by atoms with Crippen molar-refractivity contribution in [3.8, 4) is 11.3 Å². The Morgan fingerprint density at radius 1 is 1.09 bits per heavy atom. The van der Waals surface area contributed by atoms with E-state index in [2.05, 4.69) is 4.98 Å². The fourth-order valence-corrected chi connectivity index (χ4v) is 4.12. The van der Waals surface area contributed by atoms with Gasteiger partial charge in [-0.25, -0.2) is 26.4 Å². The lowest BCUT2D eigenvalue weighted by atomic mass is 10.1. The Morgan fingerprint density at radius 2 is 1.73 bits per heavy atom. The highest BCUT2D eigenvalue weighted by Gasteiger charge is 2.23. The molecule has 0 aliphatic rings. The Kier molecular flexibility index (Phi) is 8.60. The maximum absolute atomic E-state index is 14.3. The van der Waals surface area contributed by atoms with Crippen molar-refractivity contribution in [3.05, 3.63) is 84.6 Å². The van der Waals surface area contributed by atoms with Gasteiger partial charge >= 0.3 is 11.9 Å². The molecule has 2 N–H and O–H groups in total. The third kappa shape index (κ3) is 7.09. The minimum Gasteiger partial charge on any atom is -0.478 e. The highest BCUT2D eigenvalue weighted by Crippen LogP contribution is 2.29. The molecule has 0 radical (unpaired) electrons. The second-order valence-electron chi connectivity index (χ2n) is 6.95. The van der Waals surface area contributed by atoms with Crippen LogP contribution in [0.5, 0.6) is 0 Å². The zero-order valence-corrected chi connectivity index (χ0v) is 18.6. The van der Waals surface area contributed by atoms with Crippen molar-refractivity contribution in [1.82, 2.24) is 13.9 Å². The molecule has 0 amide bonds. The van der Waals surface area contributed by atoms with Crippen molar-refractivity contribution < 1.29 is 32.6 Å². The van der Waals surface area contributed by atoms with Crippen molar-refractivity contribution in [2.75, 3.05) is 14.1 Å². The summed E-state index contributed by atoms with van der Waals surface area (Å²) in [7, 11) is -0.111. The second-order valence-corrected chi connectivity index (χ2v) is 8.77. The van der Waals surface area contributed by atoms with Gasteiger partial charge in [-0.2, -0.15) is 0 Å².